The van der Waals surface area contributed by atoms with E-state index >= 15 is 0 Å². The zero-order chi connectivity index (χ0) is 12.0. The topological polar surface area (TPSA) is 102 Å². The molecule has 1 atom stereocenters. The molecule has 1 unspecified atom stereocenters. The SMILES string of the molecule is O=C(CN1CCNCC1)NC(CO)C(=O)O. The van der Waals surface area contributed by atoms with Gasteiger partial charge in [0.25, 0.3) is 0 Å². The molecular weight excluding hydrogens is 214 g/mol. The van der Waals surface area contributed by atoms with E-state index < -0.39 is 18.6 Å². The lowest BCUT2D eigenvalue weighted by Gasteiger charge is -2.26. The fourth-order valence-corrected chi connectivity index (χ4v) is 1.50. The quantitative estimate of drug-likeness (QED) is 0.415. The molecular formula is C9H17N3O4. The Morgan fingerprint density at radius 1 is 1.38 bits per heavy atom. The molecule has 1 rings (SSSR count). The summed E-state index contributed by atoms with van der Waals surface area (Å²) in [6.45, 7) is 2.77. The van der Waals surface area contributed by atoms with Crippen molar-refractivity contribution in [2.75, 3.05) is 39.3 Å². The van der Waals surface area contributed by atoms with Gasteiger partial charge in [-0.3, -0.25) is 9.69 Å². The first kappa shape index (κ1) is 12.9. The van der Waals surface area contributed by atoms with E-state index in [0.717, 1.165) is 26.2 Å². The Hall–Kier alpha value is -1.18. The Labute approximate surface area is 93.4 Å². The van der Waals surface area contributed by atoms with Gasteiger partial charge in [-0.05, 0) is 0 Å². The van der Waals surface area contributed by atoms with Crippen LogP contribution in [0.4, 0.5) is 0 Å². The number of amides is 1. The van der Waals surface area contributed by atoms with Gasteiger partial charge in [0.15, 0.2) is 0 Å². The van der Waals surface area contributed by atoms with Gasteiger partial charge in [0.2, 0.25) is 5.91 Å². The third kappa shape index (κ3) is 4.13. The molecule has 7 heteroatoms. The van der Waals surface area contributed by atoms with Crippen molar-refractivity contribution in [3.63, 3.8) is 0 Å². The molecule has 16 heavy (non-hydrogen) atoms. The van der Waals surface area contributed by atoms with Crippen LogP contribution < -0.4 is 10.6 Å². The summed E-state index contributed by atoms with van der Waals surface area (Å²) in [5, 5.41) is 22.8. The van der Waals surface area contributed by atoms with Crippen LogP contribution in [-0.2, 0) is 9.59 Å². The first-order valence-electron chi connectivity index (χ1n) is 5.19. The molecule has 7 nitrogen and oxygen atoms in total. The van der Waals surface area contributed by atoms with Gasteiger partial charge in [0.05, 0.1) is 13.2 Å². The standard InChI is InChI=1S/C9H17N3O4/c13-6-7(9(15)16)11-8(14)5-12-3-1-10-2-4-12/h7,10,13H,1-6H2,(H,11,14)(H,15,16). The normalized spacial score (nSPS) is 19.1. The Kier molecular flexibility index (Phi) is 5.17. The molecule has 1 fully saturated rings. The Bertz CT molecular complexity index is 253. The van der Waals surface area contributed by atoms with Crippen LogP contribution in [0.3, 0.4) is 0 Å². The molecule has 0 aromatic carbocycles. The molecule has 0 aromatic heterocycles. The highest BCUT2D eigenvalue weighted by Crippen LogP contribution is 1.92. The van der Waals surface area contributed by atoms with Crippen molar-refractivity contribution in [3.8, 4) is 0 Å². The van der Waals surface area contributed by atoms with Gasteiger partial charge in [-0.25, -0.2) is 4.79 Å². The Morgan fingerprint density at radius 2 is 2.00 bits per heavy atom. The number of carbonyl (C=O) groups is 2. The molecule has 1 aliphatic heterocycles. The van der Waals surface area contributed by atoms with E-state index in [-0.39, 0.29) is 12.5 Å². The van der Waals surface area contributed by atoms with E-state index in [2.05, 4.69) is 10.6 Å². The van der Waals surface area contributed by atoms with Crippen molar-refractivity contribution >= 4 is 11.9 Å². The van der Waals surface area contributed by atoms with Gasteiger partial charge >= 0.3 is 5.97 Å². The largest absolute Gasteiger partial charge is 0.480 e. The molecule has 0 radical (unpaired) electrons. The van der Waals surface area contributed by atoms with Gasteiger partial charge in [0, 0.05) is 26.2 Å². The molecule has 0 aliphatic carbocycles. The summed E-state index contributed by atoms with van der Waals surface area (Å²) in [6.07, 6.45) is 0. The number of carbonyl (C=O) groups excluding carboxylic acids is 1. The van der Waals surface area contributed by atoms with Crippen LogP contribution in [0.1, 0.15) is 0 Å². The molecule has 1 aliphatic rings. The number of aliphatic hydroxyl groups excluding tert-OH is 1. The third-order valence-electron chi connectivity index (χ3n) is 2.39. The Balaban J connectivity index is 2.31. The monoisotopic (exact) mass is 231 g/mol. The van der Waals surface area contributed by atoms with Crippen LogP contribution in [-0.4, -0.2) is 72.4 Å². The zero-order valence-corrected chi connectivity index (χ0v) is 8.98. The molecule has 0 spiro atoms. The van der Waals surface area contributed by atoms with Crippen LogP contribution >= 0.6 is 0 Å². The number of nitrogens with zero attached hydrogens (tertiary/aromatic N) is 1. The van der Waals surface area contributed by atoms with E-state index in [0.29, 0.717) is 0 Å². The molecule has 1 heterocycles. The first-order chi connectivity index (χ1) is 7.63. The molecule has 0 saturated carbocycles. The van der Waals surface area contributed by atoms with Gasteiger partial charge < -0.3 is 20.8 Å². The van der Waals surface area contributed by atoms with Crippen LogP contribution in [0.2, 0.25) is 0 Å². The number of piperazine rings is 1. The summed E-state index contributed by atoms with van der Waals surface area (Å²) in [5.74, 6) is -1.60. The summed E-state index contributed by atoms with van der Waals surface area (Å²) in [4.78, 5) is 23.9. The third-order valence-corrected chi connectivity index (χ3v) is 2.39. The van der Waals surface area contributed by atoms with E-state index in [9.17, 15) is 9.59 Å². The lowest BCUT2D eigenvalue weighted by molar-refractivity contribution is -0.143. The van der Waals surface area contributed by atoms with Crippen molar-refractivity contribution < 1.29 is 19.8 Å². The lowest BCUT2D eigenvalue weighted by atomic mass is 10.3. The van der Waals surface area contributed by atoms with Crippen LogP contribution in [0, 0.1) is 0 Å². The predicted molar refractivity (Wildman–Crippen MR) is 56.0 cm³/mol. The maximum atomic E-state index is 11.4. The number of carboxylic acid groups (broad SMARTS) is 1. The average molecular weight is 231 g/mol. The highest BCUT2D eigenvalue weighted by molar-refractivity contribution is 5.84. The van der Waals surface area contributed by atoms with Crippen LogP contribution in [0.25, 0.3) is 0 Å². The highest BCUT2D eigenvalue weighted by Gasteiger charge is 2.20. The maximum absolute atomic E-state index is 11.4. The van der Waals surface area contributed by atoms with E-state index in [1.807, 2.05) is 4.90 Å². The van der Waals surface area contributed by atoms with Crippen molar-refractivity contribution in [1.29, 1.82) is 0 Å². The number of nitrogens with one attached hydrogen (secondary N) is 2. The number of aliphatic hydroxyl groups is 1. The summed E-state index contributed by atoms with van der Waals surface area (Å²) in [7, 11) is 0. The fourth-order valence-electron chi connectivity index (χ4n) is 1.50. The predicted octanol–water partition coefficient (Wildman–Crippen LogP) is -2.55. The number of hydrogen-bond donors (Lipinski definition) is 4. The number of carboxylic acids is 1. The number of hydrogen-bond acceptors (Lipinski definition) is 5. The number of aliphatic carboxylic acids is 1. The van der Waals surface area contributed by atoms with Crippen LogP contribution in [0.5, 0.6) is 0 Å². The van der Waals surface area contributed by atoms with E-state index in [4.69, 9.17) is 10.2 Å². The maximum Gasteiger partial charge on any atom is 0.328 e. The van der Waals surface area contributed by atoms with Crippen molar-refractivity contribution in [2.24, 2.45) is 0 Å². The lowest BCUT2D eigenvalue weighted by Crippen LogP contribution is -2.51. The second kappa shape index (κ2) is 6.41. The smallest absolute Gasteiger partial charge is 0.328 e. The molecule has 1 amide bonds. The molecule has 0 aromatic rings. The molecule has 4 N–H and O–H groups in total. The van der Waals surface area contributed by atoms with Crippen molar-refractivity contribution in [3.05, 3.63) is 0 Å². The van der Waals surface area contributed by atoms with Crippen LogP contribution in [0.15, 0.2) is 0 Å². The number of rotatable bonds is 5. The minimum absolute atomic E-state index is 0.172. The minimum atomic E-state index is -1.23. The summed E-state index contributed by atoms with van der Waals surface area (Å²) in [6, 6.07) is -1.21. The second-order valence-electron chi connectivity index (χ2n) is 3.67. The zero-order valence-electron chi connectivity index (χ0n) is 8.98. The summed E-state index contributed by atoms with van der Waals surface area (Å²) < 4.78 is 0. The van der Waals surface area contributed by atoms with E-state index in [1.54, 1.807) is 0 Å². The van der Waals surface area contributed by atoms with Gasteiger partial charge in [0.1, 0.15) is 6.04 Å². The van der Waals surface area contributed by atoms with Gasteiger partial charge in [-0.1, -0.05) is 0 Å². The molecule has 1 saturated heterocycles. The fraction of sp³-hybridized carbons (Fsp3) is 0.778. The van der Waals surface area contributed by atoms with Gasteiger partial charge in [-0.2, -0.15) is 0 Å². The second-order valence-corrected chi connectivity index (χ2v) is 3.67. The molecule has 0 bridgehead atoms. The first-order valence-corrected chi connectivity index (χ1v) is 5.19. The van der Waals surface area contributed by atoms with Crippen molar-refractivity contribution in [2.45, 2.75) is 6.04 Å². The summed E-state index contributed by atoms with van der Waals surface area (Å²) in [5.41, 5.74) is 0. The average Bonchev–Trinajstić information content (AvgIpc) is 2.27. The molecule has 92 valence electrons. The van der Waals surface area contributed by atoms with E-state index in [1.165, 1.54) is 0 Å². The van der Waals surface area contributed by atoms with Gasteiger partial charge in [-0.15, -0.1) is 0 Å². The summed E-state index contributed by atoms with van der Waals surface area (Å²) >= 11 is 0. The van der Waals surface area contributed by atoms with Crippen molar-refractivity contribution in [1.82, 2.24) is 15.5 Å². The minimum Gasteiger partial charge on any atom is -0.480 e. The highest BCUT2D eigenvalue weighted by atomic mass is 16.4. The Morgan fingerprint density at radius 3 is 2.50 bits per heavy atom.